The number of ether oxygens (including phenoxy) is 1. The molecule has 5 nitrogen and oxygen atoms in total. The number of hydrogen-bond acceptors (Lipinski definition) is 5. The van der Waals surface area contributed by atoms with Gasteiger partial charge in [0.15, 0.2) is 9.84 Å². The third kappa shape index (κ3) is 3.64. The molecular formula is C14H22N2O3S. The number of rotatable bonds is 6. The summed E-state index contributed by atoms with van der Waals surface area (Å²) in [6.07, 6.45) is 3.07. The monoisotopic (exact) mass is 298 g/mol. The fraction of sp³-hybridized carbons (Fsp3) is 0.571. The van der Waals surface area contributed by atoms with Crippen molar-refractivity contribution < 1.29 is 13.2 Å². The Morgan fingerprint density at radius 2 is 2.00 bits per heavy atom. The predicted molar refractivity (Wildman–Crippen MR) is 79.8 cm³/mol. The molecule has 0 aliphatic carbocycles. The minimum Gasteiger partial charge on any atom is -0.497 e. The number of hydrogen-bond donors (Lipinski definition) is 1. The molecule has 1 aliphatic rings. The quantitative estimate of drug-likeness (QED) is 0.806. The van der Waals surface area contributed by atoms with Crippen LogP contribution in [0.2, 0.25) is 0 Å². The Hall–Kier alpha value is -1.27. The lowest BCUT2D eigenvalue weighted by atomic mass is 10.3. The Morgan fingerprint density at radius 3 is 2.65 bits per heavy atom. The van der Waals surface area contributed by atoms with Crippen LogP contribution < -0.4 is 10.5 Å². The molecule has 1 aromatic rings. The zero-order valence-electron chi connectivity index (χ0n) is 11.8. The summed E-state index contributed by atoms with van der Waals surface area (Å²) >= 11 is 0. The maximum Gasteiger partial charge on any atom is 0.180 e. The third-order valence-electron chi connectivity index (χ3n) is 3.64. The molecule has 0 aromatic heterocycles. The van der Waals surface area contributed by atoms with Crippen LogP contribution in [0.5, 0.6) is 5.75 Å². The molecule has 1 aliphatic heterocycles. The Balaban J connectivity index is 2.01. The van der Waals surface area contributed by atoms with E-state index in [1.54, 1.807) is 12.1 Å². The number of methoxy groups -OCH3 is 1. The molecule has 0 atom stereocenters. The van der Waals surface area contributed by atoms with E-state index in [1.165, 1.54) is 26.0 Å². The van der Waals surface area contributed by atoms with E-state index < -0.39 is 9.84 Å². The van der Waals surface area contributed by atoms with E-state index in [-0.39, 0.29) is 16.3 Å². The van der Waals surface area contributed by atoms with Crippen molar-refractivity contribution in [2.24, 2.45) is 0 Å². The van der Waals surface area contributed by atoms with Gasteiger partial charge in [-0.15, -0.1) is 0 Å². The van der Waals surface area contributed by atoms with Crippen LogP contribution >= 0.6 is 0 Å². The van der Waals surface area contributed by atoms with Crippen LogP contribution in [-0.4, -0.2) is 45.8 Å². The van der Waals surface area contributed by atoms with E-state index in [1.807, 2.05) is 0 Å². The fourth-order valence-electron chi connectivity index (χ4n) is 2.51. The van der Waals surface area contributed by atoms with Crippen LogP contribution in [0.15, 0.2) is 23.1 Å². The van der Waals surface area contributed by atoms with Gasteiger partial charge in [0.2, 0.25) is 0 Å². The van der Waals surface area contributed by atoms with Crippen LogP contribution in [0.25, 0.3) is 0 Å². The van der Waals surface area contributed by atoms with Gasteiger partial charge in [0.1, 0.15) is 5.75 Å². The lowest BCUT2D eigenvalue weighted by Gasteiger charge is -2.14. The van der Waals surface area contributed by atoms with Gasteiger partial charge in [-0.2, -0.15) is 0 Å². The summed E-state index contributed by atoms with van der Waals surface area (Å²) in [7, 11) is -1.84. The highest BCUT2D eigenvalue weighted by Gasteiger charge is 2.19. The number of anilines is 1. The highest BCUT2D eigenvalue weighted by atomic mass is 32.2. The smallest absolute Gasteiger partial charge is 0.180 e. The molecule has 1 aromatic carbocycles. The summed E-state index contributed by atoms with van der Waals surface area (Å²) in [6, 6.07) is 4.74. The molecule has 2 rings (SSSR count). The molecule has 0 radical (unpaired) electrons. The summed E-state index contributed by atoms with van der Waals surface area (Å²) in [5.41, 5.74) is 6.06. The molecule has 0 amide bonds. The molecule has 20 heavy (non-hydrogen) atoms. The molecule has 1 saturated heterocycles. The van der Waals surface area contributed by atoms with Crippen molar-refractivity contribution in [2.75, 3.05) is 38.2 Å². The lowest BCUT2D eigenvalue weighted by Crippen LogP contribution is -2.22. The summed E-state index contributed by atoms with van der Waals surface area (Å²) < 4.78 is 29.7. The van der Waals surface area contributed by atoms with Crippen molar-refractivity contribution >= 4 is 15.5 Å². The van der Waals surface area contributed by atoms with Gasteiger partial charge >= 0.3 is 0 Å². The number of sulfone groups is 1. The SMILES string of the molecule is COc1ccc(N)c(S(=O)(=O)CCCN2CCCC2)c1. The average molecular weight is 298 g/mol. The average Bonchev–Trinajstić information content (AvgIpc) is 2.92. The number of nitrogens with two attached hydrogens (primary N) is 1. The molecule has 0 spiro atoms. The van der Waals surface area contributed by atoms with E-state index in [0.29, 0.717) is 12.2 Å². The zero-order valence-corrected chi connectivity index (χ0v) is 12.7. The van der Waals surface area contributed by atoms with Gasteiger partial charge in [-0.05, 0) is 51.0 Å². The second-order valence-electron chi connectivity index (χ2n) is 5.12. The largest absolute Gasteiger partial charge is 0.497 e. The van der Waals surface area contributed by atoms with Gasteiger partial charge in [0, 0.05) is 6.07 Å². The van der Waals surface area contributed by atoms with Crippen LogP contribution in [-0.2, 0) is 9.84 Å². The predicted octanol–water partition coefficient (Wildman–Crippen LogP) is 1.54. The molecule has 0 unspecified atom stereocenters. The van der Waals surface area contributed by atoms with Crippen molar-refractivity contribution in [1.29, 1.82) is 0 Å². The highest BCUT2D eigenvalue weighted by molar-refractivity contribution is 7.91. The molecular weight excluding hydrogens is 276 g/mol. The Bertz CT molecular complexity index is 552. The molecule has 6 heteroatoms. The van der Waals surface area contributed by atoms with Crippen molar-refractivity contribution in [3.63, 3.8) is 0 Å². The number of nitrogens with zero attached hydrogens (tertiary/aromatic N) is 1. The first-order chi connectivity index (χ1) is 9.53. The maximum atomic E-state index is 12.3. The number of likely N-dealkylation sites (tertiary alicyclic amines) is 1. The maximum absolute atomic E-state index is 12.3. The molecule has 1 fully saturated rings. The van der Waals surface area contributed by atoms with Gasteiger partial charge in [-0.25, -0.2) is 8.42 Å². The second kappa shape index (κ2) is 6.45. The highest BCUT2D eigenvalue weighted by Crippen LogP contribution is 2.25. The molecule has 2 N–H and O–H groups in total. The standard InChI is InChI=1S/C14H22N2O3S/c1-19-12-5-6-13(15)14(11-12)20(17,18)10-4-9-16-7-2-3-8-16/h5-6,11H,2-4,7-10,15H2,1H3. The molecule has 0 saturated carbocycles. The van der Waals surface area contributed by atoms with E-state index in [9.17, 15) is 8.42 Å². The summed E-state index contributed by atoms with van der Waals surface area (Å²) in [5.74, 6) is 0.637. The summed E-state index contributed by atoms with van der Waals surface area (Å²) in [5, 5.41) is 0. The van der Waals surface area contributed by atoms with Crippen LogP contribution in [0.4, 0.5) is 5.69 Å². The van der Waals surface area contributed by atoms with Crippen LogP contribution in [0.3, 0.4) is 0 Å². The van der Waals surface area contributed by atoms with Crippen LogP contribution in [0, 0.1) is 0 Å². The Labute approximate surface area is 120 Å². The van der Waals surface area contributed by atoms with Crippen molar-refractivity contribution in [2.45, 2.75) is 24.2 Å². The summed E-state index contributed by atoms with van der Waals surface area (Å²) in [4.78, 5) is 2.49. The minimum absolute atomic E-state index is 0.126. The van der Waals surface area contributed by atoms with Gasteiger partial charge in [-0.3, -0.25) is 0 Å². The van der Waals surface area contributed by atoms with E-state index in [4.69, 9.17) is 10.5 Å². The van der Waals surface area contributed by atoms with Gasteiger partial charge in [0.05, 0.1) is 23.4 Å². The van der Waals surface area contributed by atoms with E-state index in [0.717, 1.165) is 19.6 Å². The van der Waals surface area contributed by atoms with E-state index in [2.05, 4.69) is 4.90 Å². The number of benzene rings is 1. The lowest BCUT2D eigenvalue weighted by molar-refractivity contribution is 0.340. The van der Waals surface area contributed by atoms with E-state index >= 15 is 0 Å². The van der Waals surface area contributed by atoms with Gasteiger partial charge in [0.25, 0.3) is 0 Å². The minimum atomic E-state index is -3.35. The first-order valence-corrected chi connectivity index (χ1v) is 8.57. The van der Waals surface area contributed by atoms with Gasteiger partial charge in [-0.1, -0.05) is 0 Å². The Morgan fingerprint density at radius 1 is 1.30 bits per heavy atom. The normalized spacial score (nSPS) is 16.4. The molecule has 1 heterocycles. The van der Waals surface area contributed by atoms with Crippen molar-refractivity contribution in [3.8, 4) is 5.75 Å². The molecule has 112 valence electrons. The topological polar surface area (TPSA) is 72.6 Å². The first kappa shape index (κ1) is 15.1. The third-order valence-corrected chi connectivity index (χ3v) is 5.49. The first-order valence-electron chi connectivity index (χ1n) is 6.91. The fourth-order valence-corrected chi connectivity index (χ4v) is 3.96. The Kier molecular flexibility index (Phi) is 4.88. The summed E-state index contributed by atoms with van der Waals surface area (Å²) in [6.45, 7) is 3.01. The van der Waals surface area contributed by atoms with Gasteiger partial charge < -0.3 is 15.4 Å². The second-order valence-corrected chi connectivity index (χ2v) is 7.20. The molecule has 0 bridgehead atoms. The van der Waals surface area contributed by atoms with Crippen molar-refractivity contribution in [1.82, 2.24) is 4.90 Å². The van der Waals surface area contributed by atoms with Crippen LogP contribution in [0.1, 0.15) is 19.3 Å². The number of nitrogen functional groups attached to an aromatic ring is 1. The van der Waals surface area contributed by atoms with Crippen molar-refractivity contribution in [3.05, 3.63) is 18.2 Å². The zero-order chi connectivity index (χ0) is 14.6.